The van der Waals surface area contributed by atoms with Gasteiger partial charge < -0.3 is 4.74 Å². The molecule has 5 nitrogen and oxygen atoms in total. The van der Waals surface area contributed by atoms with Crippen LogP contribution < -0.4 is 4.74 Å². The van der Waals surface area contributed by atoms with Crippen LogP contribution in [-0.4, -0.2) is 43.2 Å². The normalized spacial score (nSPS) is 11.7. The fraction of sp³-hybridized carbons (Fsp3) is 0.353. The topological polar surface area (TPSA) is 59.5 Å². The smallest absolute Gasteiger partial charge is 0.244 e. The fourth-order valence-electron chi connectivity index (χ4n) is 2.18. The van der Waals surface area contributed by atoms with Crippen LogP contribution >= 0.6 is 11.8 Å². The first-order chi connectivity index (χ1) is 12.0. The molecule has 0 amide bonds. The maximum atomic E-state index is 13.4. The number of halogens is 1. The van der Waals surface area contributed by atoms with Crippen LogP contribution in [0.5, 0.6) is 5.75 Å². The van der Waals surface area contributed by atoms with Crippen LogP contribution in [0, 0.1) is 5.82 Å². The van der Waals surface area contributed by atoms with Crippen molar-refractivity contribution >= 4 is 21.8 Å². The van der Waals surface area contributed by atoms with Gasteiger partial charge >= 0.3 is 0 Å². The van der Waals surface area contributed by atoms with E-state index in [0.717, 1.165) is 0 Å². The van der Waals surface area contributed by atoms with Crippen LogP contribution in [0.15, 0.2) is 52.5 Å². The van der Waals surface area contributed by atoms with Crippen LogP contribution in [0.1, 0.15) is 13.8 Å². The first-order valence-corrected chi connectivity index (χ1v) is 10.4. The molecule has 1 aromatic heterocycles. The molecule has 8 heteroatoms. The van der Waals surface area contributed by atoms with E-state index in [0.29, 0.717) is 30.5 Å². The van der Waals surface area contributed by atoms with Gasteiger partial charge in [-0.3, -0.25) is 0 Å². The molecule has 136 valence electrons. The Bertz CT molecular complexity index is 779. The zero-order valence-corrected chi connectivity index (χ0v) is 15.8. The molecule has 0 N–H and O–H groups in total. The van der Waals surface area contributed by atoms with Gasteiger partial charge in [-0.15, -0.1) is 11.8 Å². The van der Waals surface area contributed by atoms with Crippen molar-refractivity contribution in [2.24, 2.45) is 0 Å². The van der Waals surface area contributed by atoms with Gasteiger partial charge in [0, 0.05) is 25.0 Å². The van der Waals surface area contributed by atoms with E-state index in [1.165, 1.54) is 28.3 Å². The van der Waals surface area contributed by atoms with Crippen LogP contribution in [0.2, 0.25) is 0 Å². The summed E-state index contributed by atoms with van der Waals surface area (Å²) in [7, 11) is -3.49. The minimum absolute atomic E-state index is 0.183. The van der Waals surface area contributed by atoms with Gasteiger partial charge in [0.25, 0.3) is 0 Å². The fourth-order valence-corrected chi connectivity index (χ4v) is 4.25. The summed E-state index contributed by atoms with van der Waals surface area (Å²) in [6.07, 6.45) is 1.37. The number of para-hydroxylation sites is 1. The van der Waals surface area contributed by atoms with Crippen LogP contribution in [0.25, 0.3) is 0 Å². The number of thioether (sulfide) groups is 1. The molecule has 0 aliphatic carbocycles. The molecular formula is C17H21FN2O3S2. The number of sulfonamides is 1. The minimum atomic E-state index is -3.49. The van der Waals surface area contributed by atoms with Crippen molar-refractivity contribution in [2.75, 3.05) is 25.4 Å². The Morgan fingerprint density at radius 1 is 1.16 bits per heavy atom. The largest absolute Gasteiger partial charge is 0.490 e. The average Bonchev–Trinajstić information content (AvgIpc) is 2.61. The van der Waals surface area contributed by atoms with E-state index in [4.69, 9.17) is 4.74 Å². The number of ether oxygens (including phenoxy) is 1. The Kier molecular flexibility index (Phi) is 7.22. The van der Waals surface area contributed by atoms with Gasteiger partial charge in [0.1, 0.15) is 4.90 Å². The van der Waals surface area contributed by atoms with E-state index < -0.39 is 15.8 Å². The Balaban J connectivity index is 1.89. The molecule has 0 fully saturated rings. The van der Waals surface area contributed by atoms with Crippen molar-refractivity contribution < 1.29 is 17.5 Å². The lowest BCUT2D eigenvalue weighted by molar-refractivity contribution is 0.325. The lowest BCUT2D eigenvalue weighted by Gasteiger charge is -2.18. The first-order valence-electron chi connectivity index (χ1n) is 7.95. The number of hydrogen-bond acceptors (Lipinski definition) is 5. The SMILES string of the molecule is CCN(CC)S(=O)(=O)c1ccc(SCCOc2ccccc2F)nc1. The Labute approximate surface area is 152 Å². The van der Waals surface area contributed by atoms with Crippen LogP contribution in [0.4, 0.5) is 4.39 Å². The summed E-state index contributed by atoms with van der Waals surface area (Å²) in [5.74, 6) is 0.400. The van der Waals surface area contributed by atoms with Crippen molar-refractivity contribution in [1.29, 1.82) is 0 Å². The highest BCUT2D eigenvalue weighted by Crippen LogP contribution is 2.20. The summed E-state index contributed by atoms with van der Waals surface area (Å²) in [4.78, 5) is 4.37. The average molecular weight is 384 g/mol. The van der Waals surface area contributed by atoms with Gasteiger partial charge in [-0.25, -0.2) is 17.8 Å². The van der Waals surface area contributed by atoms with Crippen LogP contribution in [-0.2, 0) is 10.0 Å². The summed E-state index contributed by atoms with van der Waals surface area (Å²) < 4.78 is 44.9. The molecule has 1 heterocycles. The summed E-state index contributed by atoms with van der Waals surface area (Å²) in [6.45, 7) is 4.76. The highest BCUT2D eigenvalue weighted by Gasteiger charge is 2.21. The van der Waals surface area contributed by atoms with E-state index in [1.807, 2.05) is 0 Å². The predicted octanol–water partition coefficient (Wildman–Crippen LogP) is 3.42. The molecule has 0 aliphatic heterocycles. The summed E-state index contributed by atoms with van der Waals surface area (Å²) in [6, 6.07) is 9.46. The molecular weight excluding hydrogens is 363 g/mol. The van der Waals surface area contributed by atoms with Gasteiger partial charge in [0.2, 0.25) is 10.0 Å². The molecule has 0 saturated heterocycles. The molecule has 1 aromatic carbocycles. The van der Waals surface area contributed by atoms with Gasteiger partial charge in [0.15, 0.2) is 11.6 Å². The van der Waals surface area contributed by atoms with Crippen molar-refractivity contribution in [1.82, 2.24) is 9.29 Å². The first kappa shape index (κ1) is 19.7. The van der Waals surface area contributed by atoms with E-state index in [2.05, 4.69) is 4.98 Å². The van der Waals surface area contributed by atoms with Crippen molar-refractivity contribution in [2.45, 2.75) is 23.8 Å². The molecule has 0 radical (unpaired) electrons. The highest BCUT2D eigenvalue weighted by atomic mass is 32.2. The van der Waals surface area contributed by atoms with Crippen molar-refractivity contribution in [3.05, 3.63) is 48.4 Å². The molecule has 0 spiro atoms. The second kappa shape index (κ2) is 9.17. The quantitative estimate of drug-likeness (QED) is 0.490. The van der Waals surface area contributed by atoms with Crippen molar-refractivity contribution in [3.63, 3.8) is 0 Å². The molecule has 0 saturated carbocycles. The molecule has 25 heavy (non-hydrogen) atoms. The van der Waals surface area contributed by atoms with E-state index in [9.17, 15) is 12.8 Å². The molecule has 0 unspecified atom stereocenters. The number of aromatic nitrogens is 1. The van der Waals surface area contributed by atoms with E-state index >= 15 is 0 Å². The Morgan fingerprint density at radius 2 is 1.88 bits per heavy atom. The zero-order chi connectivity index (χ0) is 18.3. The second-order valence-corrected chi connectivity index (χ2v) is 8.10. The monoisotopic (exact) mass is 384 g/mol. The number of pyridine rings is 1. The van der Waals surface area contributed by atoms with E-state index in [1.54, 1.807) is 44.2 Å². The van der Waals surface area contributed by atoms with Gasteiger partial charge in [-0.1, -0.05) is 26.0 Å². The highest BCUT2D eigenvalue weighted by molar-refractivity contribution is 7.99. The van der Waals surface area contributed by atoms with Crippen molar-refractivity contribution in [3.8, 4) is 5.75 Å². The summed E-state index contributed by atoms with van der Waals surface area (Å²) >= 11 is 1.42. The lowest BCUT2D eigenvalue weighted by atomic mass is 10.3. The third kappa shape index (κ3) is 5.17. The molecule has 0 aliphatic rings. The Morgan fingerprint density at radius 3 is 2.48 bits per heavy atom. The number of rotatable bonds is 9. The maximum absolute atomic E-state index is 13.4. The number of hydrogen-bond donors (Lipinski definition) is 0. The molecule has 2 rings (SSSR count). The third-order valence-corrected chi connectivity index (χ3v) is 6.42. The summed E-state index contributed by atoms with van der Waals surface area (Å²) in [5, 5.41) is 0.690. The summed E-state index contributed by atoms with van der Waals surface area (Å²) in [5.41, 5.74) is 0. The number of nitrogens with zero attached hydrogens (tertiary/aromatic N) is 2. The standard InChI is InChI=1S/C17H21FN2O3S2/c1-3-20(4-2)25(21,22)14-9-10-17(19-13-14)24-12-11-23-16-8-6-5-7-15(16)18/h5-10,13H,3-4,11-12H2,1-2H3. The van der Waals surface area contributed by atoms with Gasteiger partial charge in [0.05, 0.1) is 11.6 Å². The second-order valence-electron chi connectivity index (χ2n) is 5.05. The Hall–Kier alpha value is -1.64. The minimum Gasteiger partial charge on any atom is -0.490 e. The molecule has 0 atom stereocenters. The van der Waals surface area contributed by atoms with Gasteiger partial charge in [-0.05, 0) is 24.3 Å². The van der Waals surface area contributed by atoms with Gasteiger partial charge in [-0.2, -0.15) is 4.31 Å². The molecule has 0 bridgehead atoms. The zero-order valence-electron chi connectivity index (χ0n) is 14.2. The molecule has 2 aromatic rings. The third-order valence-electron chi connectivity index (χ3n) is 3.48. The predicted molar refractivity (Wildman–Crippen MR) is 97.0 cm³/mol. The number of benzene rings is 1. The lowest BCUT2D eigenvalue weighted by Crippen LogP contribution is -2.30. The van der Waals surface area contributed by atoms with E-state index in [-0.39, 0.29) is 10.6 Å². The maximum Gasteiger partial charge on any atom is 0.244 e. The van der Waals surface area contributed by atoms with Crippen LogP contribution in [0.3, 0.4) is 0 Å².